The number of aryl methyl sites for hydroxylation is 1. The number of hydrogen-bond acceptors (Lipinski definition) is 3. The fourth-order valence-corrected chi connectivity index (χ4v) is 2.67. The maximum absolute atomic E-state index is 12.6. The fourth-order valence-electron chi connectivity index (χ4n) is 2.67. The van der Waals surface area contributed by atoms with Crippen LogP contribution in [0.1, 0.15) is 24.0 Å². The lowest BCUT2D eigenvalue weighted by atomic mass is 10.2. The lowest BCUT2D eigenvalue weighted by molar-refractivity contribution is -0.134. The van der Waals surface area contributed by atoms with Gasteiger partial charge < -0.3 is 14.4 Å². The first-order valence-corrected chi connectivity index (χ1v) is 8.27. The minimum absolute atomic E-state index is 0.0369. The number of hydrogen-bond donors (Lipinski definition) is 0. The van der Waals surface area contributed by atoms with Crippen molar-refractivity contribution in [1.29, 1.82) is 0 Å². The number of rotatable bonds is 7. The van der Waals surface area contributed by atoms with E-state index in [2.05, 4.69) is 0 Å². The predicted octanol–water partition coefficient (Wildman–Crippen LogP) is 3.57. The second kappa shape index (κ2) is 7.39. The second-order valence-corrected chi connectivity index (χ2v) is 6.21. The van der Waals surface area contributed by atoms with Crippen molar-refractivity contribution in [3.05, 3.63) is 59.7 Å². The van der Waals surface area contributed by atoms with Crippen LogP contribution in [-0.2, 0) is 11.3 Å². The van der Waals surface area contributed by atoms with Gasteiger partial charge in [-0.15, -0.1) is 0 Å². The average Bonchev–Trinajstić information content (AvgIpc) is 3.43. The van der Waals surface area contributed by atoms with E-state index in [1.807, 2.05) is 60.4 Å². The van der Waals surface area contributed by atoms with Crippen molar-refractivity contribution in [2.75, 3.05) is 13.7 Å². The summed E-state index contributed by atoms with van der Waals surface area (Å²) in [6, 6.07) is 16.0. The van der Waals surface area contributed by atoms with Crippen molar-refractivity contribution in [3.8, 4) is 11.5 Å². The van der Waals surface area contributed by atoms with Crippen molar-refractivity contribution in [3.63, 3.8) is 0 Å². The minimum Gasteiger partial charge on any atom is -0.497 e. The summed E-state index contributed by atoms with van der Waals surface area (Å²) in [7, 11) is 1.65. The van der Waals surface area contributed by atoms with Gasteiger partial charge in [0.25, 0.3) is 5.91 Å². The van der Waals surface area contributed by atoms with Crippen molar-refractivity contribution >= 4 is 5.91 Å². The molecule has 0 aliphatic heterocycles. The second-order valence-electron chi connectivity index (χ2n) is 6.21. The van der Waals surface area contributed by atoms with Crippen LogP contribution in [0.15, 0.2) is 48.5 Å². The average molecular weight is 325 g/mol. The van der Waals surface area contributed by atoms with Crippen LogP contribution >= 0.6 is 0 Å². The largest absolute Gasteiger partial charge is 0.497 e. The summed E-state index contributed by atoms with van der Waals surface area (Å²) in [6.45, 7) is 2.70. The third kappa shape index (κ3) is 4.28. The molecule has 4 nitrogen and oxygen atoms in total. The molecule has 0 saturated heterocycles. The Morgan fingerprint density at radius 3 is 2.50 bits per heavy atom. The van der Waals surface area contributed by atoms with E-state index in [1.54, 1.807) is 7.11 Å². The van der Waals surface area contributed by atoms with Crippen molar-refractivity contribution in [2.24, 2.45) is 0 Å². The molecule has 3 rings (SSSR count). The van der Waals surface area contributed by atoms with Crippen LogP contribution in [0.2, 0.25) is 0 Å². The van der Waals surface area contributed by atoms with E-state index in [0.717, 1.165) is 35.5 Å². The molecule has 2 aromatic rings. The Kier molecular flexibility index (Phi) is 5.04. The first-order chi connectivity index (χ1) is 11.7. The molecular formula is C20H23NO3. The molecule has 0 bridgehead atoms. The zero-order chi connectivity index (χ0) is 16.9. The third-order valence-corrected chi connectivity index (χ3v) is 4.17. The van der Waals surface area contributed by atoms with Gasteiger partial charge in [-0.3, -0.25) is 4.79 Å². The highest BCUT2D eigenvalue weighted by Crippen LogP contribution is 2.29. The van der Waals surface area contributed by atoms with E-state index < -0.39 is 0 Å². The Hall–Kier alpha value is -2.49. The SMILES string of the molecule is COc1ccc(CN(C(=O)COc2cccc(C)c2)C2CC2)cc1. The van der Waals surface area contributed by atoms with Gasteiger partial charge in [0.15, 0.2) is 6.61 Å². The van der Waals surface area contributed by atoms with Gasteiger partial charge in [-0.1, -0.05) is 24.3 Å². The Labute approximate surface area is 143 Å². The zero-order valence-corrected chi connectivity index (χ0v) is 14.2. The van der Waals surface area contributed by atoms with E-state index in [9.17, 15) is 4.79 Å². The molecule has 1 aliphatic carbocycles. The van der Waals surface area contributed by atoms with Gasteiger partial charge in [0.05, 0.1) is 7.11 Å². The van der Waals surface area contributed by atoms with Gasteiger partial charge in [-0.05, 0) is 55.2 Å². The number of benzene rings is 2. The first-order valence-electron chi connectivity index (χ1n) is 8.27. The molecule has 0 N–H and O–H groups in total. The molecule has 0 heterocycles. The molecule has 24 heavy (non-hydrogen) atoms. The molecule has 0 atom stereocenters. The lowest BCUT2D eigenvalue weighted by Gasteiger charge is -2.23. The van der Waals surface area contributed by atoms with E-state index in [4.69, 9.17) is 9.47 Å². The number of amides is 1. The van der Waals surface area contributed by atoms with Gasteiger partial charge in [0.1, 0.15) is 11.5 Å². The predicted molar refractivity (Wildman–Crippen MR) is 93.2 cm³/mol. The zero-order valence-electron chi connectivity index (χ0n) is 14.2. The quantitative estimate of drug-likeness (QED) is 0.781. The highest BCUT2D eigenvalue weighted by atomic mass is 16.5. The first kappa shape index (κ1) is 16.4. The van der Waals surface area contributed by atoms with Crippen LogP contribution in [0.3, 0.4) is 0 Å². The van der Waals surface area contributed by atoms with Crippen LogP contribution < -0.4 is 9.47 Å². The van der Waals surface area contributed by atoms with Crippen LogP contribution in [0.25, 0.3) is 0 Å². The molecule has 1 fully saturated rings. The molecule has 2 aromatic carbocycles. The van der Waals surface area contributed by atoms with Gasteiger partial charge in [-0.2, -0.15) is 0 Å². The van der Waals surface area contributed by atoms with Crippen molar-refractivity contribution in [1.82, 2.24) is 4.90 Å². The number of nitrogens with zero attached hydrogens (tertiary/aromatic N) is 1. The third-order valence-electron chi connectivity index (χ3n) is 4.17. The molecule has 4 heteroatoms. The molecule has 126 valence electrons. The molecule has 0 radical (unpaired) electrons. The molecule has 1 aliphatic rings. The highest BCUT2D eigenvalue weighted by molar-refractivity contribution is 5.78. The number of ether oxygens (including phenoxy) is 2. The monoisotopic (exact) mass is 325 g/mol. The Balaban J connectivity index is 1.61. The van der Waals surface area contributed by atoms with E-state index in [1.165, 1.54) is 0 Å². The highest BCUT2D eigenvalue weighted by Gasteiger charge is 2.32. The maximum Gasteiger partial charge on any atom is 0.261 e. The van der Waals surface area contributed by atoms with Crippen LogP contribution in [0.4, 0.5) is 0 Å². The summed E-state index contributed by atoms with van der Waals surface area (Å²) in [4.78, 5) is 14.5. The minimum atomic E-state index is 0.0369. The smallest absolute Gasteiger partial charge is 0.261 e. The maximum atomic E-state index is 12.6. The summed E-state index contributed by atoms with van der Waals surface area (Å²) in [6.07, 6.45) is 2.15. The number of methoxy groups -OCH3 is 1. The summed E-state index contributed by atoms with van der Waals surface area (Å²) >= 11 is 0. The summed E-state index contributed by atoms with van der Waals surface area (Å²) in [5.41, 5.74) is 2.23. The topological polar surface area (TPSA) is 38.8 Å². The Morgan fingerprint density at radius 1 is 1.12 bits per heavy atom. The normalized spacial score (nSPS) is 13.4. The number of carbonyl (C=O) groups excluding carboxylic acids is 1. The lowest BCUT2D eigenvalue weighted by Crippen LogP contribution is -2.36. The van der Waals surface area contributed by atoms with E-state index >= 15 is 0 Å². The molecule has 1 saturated carbocycles. The van der Waals surface area contributed by atoms with E-state index in [0.29, 0.717) is 12.6 Å². The number of carbonyl (C=O) groups is 1. The molecular weight excluding hydrogens is 302 g/mol. The summed E-state index contributed by atoms with van der Waals surface area (Å²) in [5.74, 6) is 1.60. The van der Waals surface area contributed by atoms with Gasteiger partial charge in [0.2, 0.25) is 0 Å². The summed E-state index contributed by atoms with van der Waals surface area (Å²) < 4.78 is 10.8. The van der Waals surface area contributed by atoms with Crippen molar-refractivity contribution < 1.29 is 14.3 Å². The van der Waals surface area contributed by atoms with E-state index in [-0.39, 0.29) is 12.5 Å². The Morgan fingerprint density at radius 2 is 1.88 bits per heavy atom. The van der Waals surface area contributed by atoms with Gasteiger partial charge in [-0.25, -0.2) is 0 Å². The van der Waals surface area contributed by atoms with Crippen LogP contribution in [0.5, 0.6) is 11.5 Å². The van der Waals surface area contributed by atoms with Crippen molar-refractivity contribution in [2.45, 2.75) is 32.4 Å². The van der Waals surface area contributed by atoms with Crippen LogP contribution in [0, 0.1) is 6.92 Å². The van der Waals surface area contributed by atoms with Gasteiger partial charge in [0, 0.05) is 12.6 Å². The standard InChI is InChI=1S/C20H23NO3/c1-15-4-3-5-19(12-15)24-14-20(22)21(17-8-9-17)13-16-6-10-18(23-2)11-7-16/h3-7,10-12,17H,8-9,13-14H2,1-2H3. The molecule has 0 unspecified atom stereocenters. The van der Waals surface area contributed by atoms with Gasteiger partial charge >= 0.3 is 0 Å². The molecule has 1 amide bonds. The Bertz CT molecular complexity index is 692. The fraction of sp³-hybridized carbons (Fsp3) is 0.350. The molecule has 0 spiro atoms. The summed E-state index contributed by atoms with van der Waals surface area (Å²) in [5, 5.41) is 0. The van der Waals surface area contributed by atoms with Crippen LogP contribution in [-0.4, -0.2) is 30.6 Å². The molecule has 0 aromatic heterocycles.